The van der Waals surface area contributed by atoms with E-state index in [4.69, 9.17) is 9.57 Å². The van der Waals surface area contributed by atoms with E-state index in [-0.39, 0.29) is 12.4 Å². The number of rotatable bonds is 5. The number of benzene rings is 3. The lowest BCUT2D eigenvalue weighted by Crippen LogP contribution is -2.07. The first-order chi connectivity index (χ1) is 13.7. The molecule has 0 radical (unpaired) electrons. The largest absolute Gasteiger partial charge is 0.488 e. The average molecular weight is 373 g/mol. The van der Waals surface area contributed by atoms with Gasteiger partial charge >= 0.3 is 5.97 Å². The van der Waals surface area contributed by atoms with Gasteiger partial charge in [-0.2, -0.15) is 0 Å². The number of hydrogen-bond acceptors (Lipinski definition) is 4. The molecule has 0 saturated carbocycles. The van der Waals surface area contributed by atoms with Crippen molar-refractivity contribution in [1.82, 2.24) is 0 Å². The molecule has 3 aromatic rings. The molecular formula is C23H16FNO3. The Morgan fingerprint density at radius 1 is 0.929 bits per heavy atom. The van der Waals surface area contributed by atoms with E-state index in [1.54, 1.807) is 18.2 Å². The minimum Gasteiger partial charge on any atom is -0.488 e. The summed E-state index contributed by atoms with van der Waals surface area (Å²) in [5.74, 6) is -0.194. The molecule has 0 spiro atoms. The van der Waals surface area contributed by atoms with Crippen molar-refractivity contribution >= 4 is 17.8 Å². The van der Waals surface area contributed by atoms with Gasteiger partial charge in [-0.1, -0.05) is 65.8 Å². The lowest BCUT2D eigenvalue weighted by Gasteiger charge is -2.10. The zero-order valence-electron chi connectivity index (χ0n) is 14.8. The molecule has 28 heavy (non-hydrogen) atoms. The molecule has 3 aromatic carbocycles. The highest BCUT2D eigenvalue weighted by Gasteiger charge is 2.27. The standard InChI is InChI=1S/C23H16FNO3/c24-19-12-10-16(11-13-19)15-27-21-9-5-4-8-18(21)14-20-22(25-28-23(20)26)17-6-2-1-3-7-17/h1-14H,15H2. The van der Waals surface area contributed by atoms with E-state index in [0.717, 1.165) is 16.7 Å². The van der Waals surface area contributed by atoms with Crippen LogP contribution in [0.4, 0.5) is 4.39 Å². The molecule has 0 amide bonds. The van der Waals surface area contributed by atoms with Gasteiger partial charge in [0.25, 0.3) is 0 Å². The van der Waals surface area contributed by atoms with Crippen LogP contribution < -0.4 is 4.74 Å². The first-order valence-electron chi connectivity index (χ1n) is 8.74. The van der Waals surface area contributed by atoms with Crippen LogP contribution >= 0.6 is 0 Å². The maximum Gasteiger partial charge on any atom is 0.368 e. The lowest BCUT2D eigenvalue weighted by atomic mass is 10.0. The molecule has 0 N–H and O–H groups in total. The van der Waals surface area contributed by atoms with Crippen LogP contribution in [0.2, 0.25) is 0 Å². The van der Waals surface area contributed by atoms with Crippen molar-refractivity contribution in [2.45, 2.75) is 6.61 Å². The summed E-state index contributed by atoms with van der Waals surface area (Å²) in [6.45, 7) is 0.282. The molecule has 0 fully saturated rings. The summed E-state index contributed by atoms with van der Waals surface area (Å²) in [5, 5.41) is 3.92. The molecule has 138 valence electrons. The van der Waals surface area contributed by atoms with Crippen LogP contribution in [0.25, 0.3) is 6.08 Å². The van der Waals surface area contributed by atoms with Crippen molar-refractivity contribution in [3.8, 4) is 5.75 Å². The van der Waals surface area contributed by atoms with Crippen molar-refractivity contribution in [2.24, 2.45) is 5.16 Å². The van der Waals surface area contributed by atoms with Crippen molar-refractivity contribution in [3.05, 3.63) is 107 Å². The minimum atomic E-state index is -0.507. The van der Waals surface area contributed by atoms with Crippen LogP contribution in [-0.2, 0) is 16.2 Å². The smallest absolute Gasteiger partial charge is 0.368 e. The monoisotopic (exact) mass is 373 g/mol. The second-order valence-corrected chi connectivity index (χ2v) is 6.20. The first-order valence-corrected chi connectivity index (χ1v) is 8.74. The molecule has 4 nitrogen and oxygen atoms in total. The summed E-state index contributed by atoms with van der Waals surface area (Å²) < 4.78 is 18.9. The molecule has 5 heteroatoms. The van der Waals surface area contributed by atoms with Gasteiger partial charge in [0.05, 0.1) is 5.57 Å². The highest BCUT2D eigenvalue weighted by atomic mass is 19.1. The summed E-state index contributed by atoms with van der Waals surface area (Å²) in [5.41, 5.74) is 3.21. The summed E-state index contributed by atoms with van der Waals surface area (Å²) in [4.78, 5) is 17.1. The van der Waals surface area contributed by atoms with E-state index < -0.39 is 5.97 Å². The minimum absolute atomic E-state index is 0.282. The average Bonchev–Trinajstić information content (AvgIpc) is 3.09. The van der Waals surface area contributed by atoms with Gasteiger partial charge in [0.1, 0.15) is 23.9 Å². The number of carbonyl (C=O) groups excluding carboxylic acids is 1. The Morgan fingerprint density at radius 2 is 1.64 bits per heavy atom. The number of carbonyl (C=O) groups is 1. The maximum atomic E-state index is 13.1. The van der Waals surface area contributed by atoms with Gasteiger partial charge in [-0.05, 0) is 29.8 Å². The van der Waals surface area contributed by atoms with E-state index in [1.807, 2.05) is 54.6 Å². The van der Waals surface area contributed by atoms with Gasteiger partial charge in [0, 0.05) is 11.1 Å². The fraction of sp³-hybridized carbons (Fsp3) is 0.0435. The van der Waals surface area contributed by atoms with Gasteiger partial charge in [-0.3, -0.25) is 0 Å². The van der Waals surface area contributed by atoms with Crippen LogP contribution in [-0.4, -0.2) is 11.7 Å². The number of nitrogens with zero attached hydrogens (tertiary/aromatic N) is 1. The van der Waals surface area contributed by atoms with Crippen LogP contribution in [0.5, 0.6) is 5.75 Å². The number of halogens is 1. The summed E-state index contributed by atoms with van der Waals surface area (Å²) in [6.07, 6.45) is 1.71. The molecule has 1 aliphatic rings. The Morgan fingerprint density at radius 3 is 2.43 bits per heavy atom. The van der Waals surface area contributed by atoms with Crippen LogP contribution in [0, 0.1) is 5.82 Å². The molecule has 1 heterocycles. The zero-order valence-corrected chi connectivity index (χ0v) is 14.8. The van der Waals surface area contributed by atoms with Crippen molar-refractivity contribution in [1.29, 1.82) is 0 Å². The summed E-state index contributed by atoms with van der Waals surface area (Å²) in [7, 11) is 0. The highest BCUT2D eigenvalue weighted by molar-refractivity contribution is 6.31. The molecule has 0 bridgehead atoms. The second kappa shape index (κ2) is 7.88. The SMILES string of the molecule is O=C1ON=C(c2ccccc2)C1=Cc1ccccc1OCc1ccc(F)cc1. The normalized spacial score (nSPS) is 14.7. The Bertz CT molecular complexity index is 1060. The van der Waals surface area contributed by atoms with Gasteiger partial charge in [-0.15, -0.1) is 0 Å². The van der Waals surface area contributed by atoms with E-state index in [9.17, 15) is 9.18 Å². The zero-order chi connectivity index (χ0) is 19.3. The lowest BCUT2D eigenvalue weighted by molar-refractivity contribution is -0.136. The van der Waals surface area contributed by atoms with Gasteiger partial charge in [0.2, 0.25) is 0 Å². The molecular weight excluding hydrogens is 357 g/mol. The predicted molar refractivity (Wildman–Crippen MR) is 104 cm³/mol. The molecule has 0 atom stereocenters. The molecule has 4 rings (SSSR count). The number of oxime groups is 1. The fourth-order valence-corrected chi connectivity index (χ4v) is 2.84. The van der Waals surface area contributed by atoms with Crippen LogP contribution in [0.3, 0.4) is 0 Å². The molecule has 0 aliphatic carbocycles. The first kappa shape index (κ1) is 17.7. The second-order valence-electron chi connectivity index (χ2n) is 6.20. The van der Waals surface area contributed by atoms with Gasteiger partial charge in [0.15, 0.2) is 0 Å². The van der Waals surface area contributed by atoms with Crippen molar-refractivity contribution < 1.29 is 18.8 Å². The van der Waals surface area contributed by atoms with Gasteiger partial charge in [-0.25, -0.2) is 9.18 Å². The van der Waals surface area contributed by atoms with Crippen molar-refractivity contribution in [3.63, 3.8) is 0 Å². The summed E-state index contributed by atoms with van der Waals surface area (Å²) >= 11 is 0. The third-order valence-corrected chi connectivity index (χ3v) is 4.27. The maximum absolute atomic E-state index is 13.1. The van der Waals surface area contributed by atoms with Crippen LogP contribution in [0.15, 0.2) is 89.6 Å². The quantitative estimate of drug-likeness (QED) is 0.479. The predicted octanol–water partition coefficient (Wildman–Crippen LogP) is 4.75. The van der Waals surface area contributed by atoms with E-state index in [1.165, 1.54) is 12.1 Å². The Labute approximate surface area is 161 Å². The Balaban J connectivity index is 1.61. The summed E-state index contributed by atoms with van der Waals surface area (Å²) in [6, 6.07) is 22.9. The van der Waals surface area contributed by atoms with E-state index in [0.29, 0.717) is 17.0 Å². The third-order valence-electron chi connectivity index (χ3n) is 4.27. The fourth-order valence-electron chi connectivity index (χ4n) is 2.84. The third kappa shape index (κ3) is 3.83. The van der Waals surface area contributed by atoms with E-state index >= 15 is 0 Å². The topological polar surface area (TPSA) is 47.9 Å². The van der Waals surface area contributed by atoms with Crippen molar-refractivity contribution in [2.75, 3.05) is 0 Å². The van der Waals surface area contributed by atoms with Gasteiger partial charge < -0.3 is 9.57 Å². The van der Waals surface area contributed by atoms with E-state index in [2.05, 4.69) is 5.16 Å². The molecule has 0 aromatic heterocycles. The Hall–Kier alpha value is -3.73. The number of ether oxygens (including phenoxy) is 1. The number of hydrogen-bond donors (Lipinski definition) is 0. The Kier molecular flexibility index (Phi) is 4.97. The highest BCUT2D eigenvalue weighted by Crippen LogP contribution is 2.26. The number of para-hydroxylation sites is 1. The molecule has 0 unspecified atom stereocenters. The molecule has 0 saturated heterocycles. The molecule has 1 aliphatic heterocycles. The van der Waals surface area contributed by atoms with Crippen LogP contribution in [0.1, 0.15) is 16.7 Å².